The number of aromatic amines is 4. The zero-order chi connectivity index (χ0) is 86.1. The summed E-state index contributed by atoms with van der Waals surface area (Å²) in [6, 6.07) is 4.36. The molecule has 9 fully saturated rings. The number of rotatable bonds is 4. The molecule has 119 heavy (non-hydrogen) atoms. The molecule has 19 rings (SSSR count). The minimum Gasteiger partial charge on any atom is -0.481 e. The first kappa shape index (κ1) is 89.1. The molecule has 9 unspecified atom stereocenters. The van der Waals surface area contributed by atoms with Crippen LogP contribution in [0.4, 0.5) is 23.3 Å². The van der Waals surface area contributed by atoms with Crippen LogP contribution in [0.5, 0.6) is 0 Å². The molecule has 15 aliphatic carbocycles. The Hall–Kier alpha value is -6.23. The molecular formula is C100H159N15O4. The van der Waals surface area contributed by atoms with Crippen molar-refractivity contribution in [2.45, 2.75) is 361 Å². The van der Waals surface area contributed by atoms with Crippen LogP contribution in [0.15, 0.2) is 41.0 Å². The van der Waals surface area contributed by atoms with Gasteiger partial charge in [-0.1, -0.05) is 188 Å². The Morgan fingerprint density at radius 3 is 1.11 bits per heavy atom. The normalized spacial score (nSPS) is 42.7. The van der Waals surface area contributed by atoms with Gasteiger partial charge in [0.15, 0.2) is 5.78 Å². The van der Waals surface area contributed by atoms with Crippen LogP contribution in [-0.4, -0.2) is 69.4 Å². The van der Waals surface area contributed by atoms with E-state index in [0.717, 1.165) is 96.3 Å². The van der Waals surface area contributed by atoms with Crippen molar-refractivity contribution in [3.63, 3.8) is 0 Å². The maximum atomic E-state index is 13.7. The van der Waals surface area contributed by atoms with Crippen LogP contribution < -0.4 is 34.6 Å². The maximum Gasteiger partial charge on any atom is 0.310 e. The van der Waals surface area contributed by atoms with Gasteiger partial charge in [0.1, 0.15) is 23.3 Å². The summed E-state index contributed by atoms with van der Waals surface area (Å²) < 4.78 is 0. The van der Waals surface area contributed by atoms with Crippen LogP contribution in [0.2, 0.25) is 0 Å². The Labute approximate surface area is 714 Å². The van der Waals surface area contributed by atoms with E-state index in [2.05, 4.69) is 228 Å². The van der Waals surface area contributed by atoms with Crippen molar-refractivity contribution in [2.75, 3.05) is 29.5 Å². The molecule has 0 spiro atoms. The number of aliphatic carboxylic acids is 1. The lowest BCUT2D eigenvalue weighted by atomic mass is 9.33. The van der Waals surface area contributed by atoms with Crippen LogP contribution in [0.3, 0.4) is 0 Å². The number of fused-ring (bicyclic) bond motifs is 24. The number of hydrogen-bond donors (Lipinski definition) is 12. The second kappa shape index (κ2) is 28.7. The number of nitrogen functional groups attached to an aromatic ring is 4. The number of hydrogen-bond acceptors (Lipinski definition) is 14. The van der Waals surface area contributed by atoms with Crippen molar-refractivity contribution in [1.82, 2.24) is 40.8 Å². The highest BCUT2D eigenvalue weighted by molar-refractivity contribution is 5.88. The van der Waals surface area contributed by atoms with Crippen LogP contribution in [0.25, 0.3) is 0 Å². The van der Waals surface area contributed by atoms with E-state index in [0.29, 0.717) is 70.1 Å². The van der Waals surface area contributed by atoms with Gasteiger partial charge in [-0.2, -0.15) is 25.7 Å². The number of nitriles is 1. The van der Waals surface area contributed by atoms with Crippen molar-refractivity contribution < 1.29 is 19.8 Å². The molecular weight excluding hydrogens is 1480 g/mol. The lowest BCUT2D eigenvalue weighted by Gasteiger charge is -2.71. The monoisotopic (exact) mass is 1630 g/mol. The van der Waals surface area contributed by atoms with Crippen molar-refractivity contribution in [3.8, 4) is 6.07 Å². The number of allylic oxidation sites excluding steroid dienone is 6. The third kappa shape index (κ3) is 12.2. The third-order valence-electron chi connectivity index (χ3n) is 41.0. The summed E-state index contributed by atoms with van der Waals surface area (Å²) in [7, 11) is 0. The summed E-state index contributed by atoms with van der Waals surface area (Å²) in [5, 5.41) is 58.9. The molecule has 658 valence electrons. The number of hydrazine groups is 1. The second-order valence-electron chi connectivity index (χ2n) is 48.3. The number of carbonyl (C=O) groups is 2. The van der Waals surface area contributed by atoms with Gasteiger partial charge in [0, 0.05) is 79.2 Å². The molecule has 4 heterocycles. The zero-order valence-electron chi connectivity index (χ0n) is 76.9. The van der Waals surface area contributed by atoms with Gasteiger partial charge < -0.3 is 33.1 Å². The minimum absolute atomic E-state index is 0. The number of carbonyl (C=O) groups excluding carboxylic acids is 1. The van der Waals surface area contributed by atoms with Gasteiger partial charge in [-0.05, 0) is 299 Å². The molecule has 9 saturated carbocycles. The van der Waals surface area contributed by atoms with Gasteiger partial charge in [-0.15, -0.1) is 0 Å². The number of Topliss-reactive ketones (excluding diaryl/α,β-unsaturated/α-hetero) is 1. The number of aliphatic hydroxyl groups excluding tert-OH is 1. The number of ketones is 1. The number of nitrogens with zero attached hydrogens (tertiary/aromatic N) is 5. The number of aromatic nitrogens is 8. The van der Waals surface area contributed by atoms with Crippen molar-refractivity contribution in [3.05, 3.63) is 80.5 Å². The maximum absolute atomic E-state index is 13.7. The first-order valence-electron chi connectivity index (χ1n) is 46.4. The highest BCUT2D eigenvalue weighted by Gasteiger charge is 2.74. The Bertz CT molecular complexity index is 4740. The largest absolute Gasteiger partial charge is 0.481 e. The van der Waals surface area contributed by atoms with Gasteiger partial charge in [-0.25, -0.2) is 0 Å². The first-order valence-corrected chi connectivity index (χ1v) is 46.4. The molecule has 19 nitrogen and oxygen atoms in total. The van der Waals surface area contributed by atoms with Gasteiger partial charge >= 0.3 is 5.97 Å². The van der Waals surface area contributed by atoms with Crippen LogP contribution in [0, 0.1) is 140 Å². The average molecular weight is 1640 g/mol. The van der Waals surface area contributed by atoms with Gasteiger partial charge in [0.2, 0.25) is 0 Å². The molecule has 0 bridgehead atoms. The molecule has 4 aromatic heterocycles. The summed E-state index contributed by atoms with van der Waals surface area (Å²) in [5.74, 6) is 14.9. The lowest BCUT2D eigenvalue weighted by molar-refractivity contribution is -0.177. The minimum atomic E-state index is -0.571. The zero-order valence-corrected chi connectivity index (χ0v) is 76.9. The van der Waals surface area contributed by atoms with Crippen LogP contribution in [-0.2, 0) is 50.5 Å². The molecule has 0 aromatic carbocycles. The smallest absolute Gasteiger partial charge is 0.310 e. The fourth-order valence-electron chi connectivity index (χ4n) is 34.3. The van der Waals surface area contributed by atoms with Crippen LogP contribution in [0.1, 0.15) is 360 Å². The van der Waals surface area contributed by atoms with E-state index in [4.69, 9.17) is 28.0 Å². The Morgan fingerprint density at radius 2 is 0.756 bits per heavy atom. The molecule has 21 atom stereocenters. The fourth-order valence-corrected chi connectivity index (χ4v) is 34.3. The van der Waals surface area contributed by atoms with E-state index in [1.54, 1.807) is 18.1 Å². The predicted octanol–water partition coefficient (Wildman–Crippen LogP) is 20.7. The van der Waals surface area contributed by atoms with Gasteiger partial charge in [-0.3, -0.25) is 41.7 Å². The quantitative estimate of drug-likeness (QED) is 0.0513. The van der Waals surface area contributed by atoms with E-state index < -0.39 is 11.4 Å². The number of carboxylic acids is 1. The first-order chi connectivity index (χ1) is 54.9. The van der Waals surface area contributed by atoms with Crippen molar-refractivity contribution in [2.24, 2.45) is 141 Å². The number of anilines is 4. The number of nitrogens with one attached hydrogen (secondary N) is 4. The number of H-pyrrole nitrogens is 4. The molecule has 0 radical (unpaired) electrons. The molecule has 19 heteroatoms. The highest BCUT2D eigenvalue weighted by atomic mass is 16.4. The number of aliphatic hydroxyl groups is 1. The standard InChI is InChI=1S/C33H50N6.C33H48N4O.C31H47N3O2.C2H6O.CH4.H4N2/c1-28(2)12-14-33(24-16-25(34)37-36-24)15-13-31(6)20(21(33)18-28)8-9-23-30(5)17-19-26(38-39-27(19)35)29(3,4)22(30)10-11-32(23,31)7;1-28(2)13-15-33(25(38)11-17-34)16-14-31(6)21(22(33)19-28)8-9-24-30(5)18-20-26(36-37-27(20)35)29(3,4)23(30)10-12-32(24,31)7;1-26(2)12-14-31(25(35)36)15-13-29(6)19(20(31)17-26)8-9-22-28(5)16-18-23(33-34-24(18)32)27(3,4)21(28)10-11-30(22,29)7;1-2-3;;1-2/h8,16,21-23H,9-15,17-18H2,1-7H3,(H3,34,36,37)(H3,35,38,39);8,22-24H,9-16,18-19H2,1-7H3,(H3,35,36,37);8,20-22H,9-17H2,1-7H3,(H,35,36)(H3,32,33,34);3H,2H2,1H3;1H4;1-2H2/t21?,22?,23?,30-,31+,32+,33-;22?,23?,24?,30-,31+,32+,33-;20?,21?,22?,28-,29+,30+,31-;;;/m000.../s1. The van der Waals surface area contributed by atoms with E-state index in [1.165, 1.54) is 122 Å². The summed E-state index contributed by atoms with van der Waals surface area (Å²) in [4.78, 5) is 26.5. The van der Waals surface area contributed by atoms with Crippen molar-refractivity contribution >= 4 is 35.0 Å². The molecule has 0 aliphatic heterocycles. The molecule has 0 amide bonds. The molecule has 4 aromatic rings. The SMILES string of the molecule is C.CC1(C)CC[C@]2(C(=O)CC#N)CC[C@]3(C)C(=CCC4[C@@]5(C)Cc6c(N)n[nH]c6C(C)(C)C5CC[C@]43C)C2C1.CC1(C)CC[C@]2(C(=O)O)CC[C@]3(C)C(=CCC4[C@@]5(C)Cc6c(N)n[nH]c6C(C)(C)C5CC[C@]43C)C2C1.CC1(C)CC[C@]2(c3cc(N)n[nH]3)CC[C@]3(C)C(=CCC4[C@@]5(C)Cc6c(N)n[nH]c6C(C)(C)C5CC[C@]43C)C2C1.CCO.NN. The average Bonchev–Trinajstić information content (AvgIpc) is 1.36. The van der Waals surface area contributed by atoms with E-state index >= 15 is 0 Å². The summed E-state index contributed by atoms with van der Waals surface area (Å²) >= 11 is 0. The fraction of sp³-hybridized carbons (Fsp3) is 0.790. The lowest BCUT2D eigenvalue weighted by Crippen LogP contribution is -2.64. The molecule has 18 N–H and O–H groups in total. The van der Waals surface area contributed by atoms with Crippen molar-refractivity contribution in [1.29, 1.82) is 5.26 Å². The third-order valence-corrected chi connectivity index (χ3v) is 41.0. The highest BCUT2D eigenvalue weighted by Crippen LogP contribution is 2.80. The van der Waals surface area contributed by atoms with E-state index in [1.807, 2.05) is 0 Å². The van der Waals surface area contributed by atoms with E-state index in [9.17, 15) is 20.0 Å². The summed E-state index contributed by atoms with van der Waals surface area (Å²) in [5.41, 5.74) is 40.7. The Kier molecular flexibility index (Phi) is 21.4. The second-order valence-corrected chi connectivity index (χ2v) is 48.3. The topological polar surface area (TPSA) is 369 Å². The molecule has 0 saturated heterocycles. The number of carboxylic acid groups (broad SMARTS) is 1. The van der Waals surface area contributed by atoms with Crippen LogP contribution >= 0.6 is 0 Å². The Balaban J connectivity index is 0.000000142. The Morgan fingerprint density at radius 1 is 0.445 bits per heavy atom. The van der Waals surface area contributed by atoms with Gasteiger partial charge in [0.05, 0.1) is 17.9 Å². The van der Waals surface area contributed by atoms with E-state index in [-0.39, 0.29) is 125 Å². The molecule has 15 aliphatic rings. The van der Waals surface area contributed by atoms with Gasteiger partial charge in [0.25, 0.3) is 0 Å². The summed E-state index contributed by atoms with van der Waals surface area (Å²) in [6.45, 7) is 54.2. The summed E-state index contributed by atoms with van der Waals surface area (Å²) in [6.07, 6.45) is 37.7. The predicted molar refractivity (Wildman–Crippen MR) is 480 cm³/mol. The number of nitrogens with two attached hydrogens (primary N) is 6.